The number of carbonyl (C=O) groups is 1. The fourth-order valence-corrected chi connectivity index (χ4v) is 2.82. The molecule has 0 spiro atoms. The lowest BCUT2D eigenvalue weighted by Crippen LogP contribution is -1.99. The molecule has 0 fully saturated rings. The van der Waals surface area contributed by atoms with Crippen molar-refractivity contribution in [2.75, 3.05) is 6.79 Å². The maximum Gasteiger partial charge on any atom is 0.236 e. The Morgan fingerprint density at radius 1 is 1.35 bits per heavy atom. The van der Waals surface area contributed by atoms with E-state index in [-0.39, 0.29) is 34.4 Å². The van der Waals surface area contributed by atoms with Crippen LogP contribution < -0.4 is 9.47 Å². The summed E-state index contributed by atoms with van der Waals surface area (Å²) >= 11 is 5.88. The van der Waals surface area contributed by atoms with Crippen LogP contribution in [-0.2, 0) is 14.8 Å². The largest absolute Gasteiger partial charge is 0.453 e. The van der Waals surface area contributed by atoms with Crippen LogP contribution in [0.1, 0.15) is 15.9 Å². The molecule has 1 heterocycles. The molecule has 92 valence electrons. The van der Waals surface area contributed by atoms with Gasteiger partial charge in [-0.2, -0.15) is 0 Å². The highest BCUT2D eigenvalue weighted by molar-refractivity contribution is 8.13. The van der Waals surface area contributed by atoms with E-state index in [1.54, 1.807) is 0 Å². The van der Waals surface area contributed by atoms with Crippen LogP contribution in [0, 0.1) is 0 Å². The van der Waals surface area contributed by atoms with E-state index >= 15 is 0 Å². The van der Waals surface area contributed by atoms with Crippen LogP contribution in [0.3, 0.4) is 0 Å². The predicted octanol–water partition coefficient (Wildman–Crippen LogP) is 1.95. The topological polar surface area (TPSA) is 69.7 Å². The second kappa shape index (κ2) is 4.36. The number of benzene rings is 1. The van der Waals surface area contributed by atoms with Gasteiger partial charge < -0.3 is 9.47 Å². The Bertz CT molecular complexity index is 582. The van der Waals surface area contributed by atoms with E-state index in [0.717, 1.165) is 0 Å². The monoisotopic (exact) mass is 296 g/mol. The fraction of sp³-hybridized carbons (Fsp3) is 0.222. The summed E-state index contributed by atoms with van der Waals surface area (Å²) in [5, 5.41) is 0.0978. The molecule has 0 N–H and O–H groups in total. The van der Waals surface area contributed by atoms with Gasteiger partial charge in [0.1, 0.15) is 0 Å². The van der Waals surface area contributed by atoms with E-state index in [0.29, 0.717) is 6.29 Å². The first-order valence-corrected chi connectivity index (χ1v) is 7.26. The van der Waals surface area contributed by atoms with Gasteiger partial charge in [0.15, 0.2) is 17.8 Å². The Kier molecular flexibility index (Phi) is 3.20. The maximum absolute atomic E-state index is 11.0. The van der Waals surface area contributed by atoms with E-state index in [9.17, 15) is 13.2 Å². The van der Waals surface area contributed by atoms with Crippen molar-refractivity contribution < 1.29 is 22.7 Å². The molecule has 0 amide bonds. The van der Waals surface area contributed by atoms with Crippen molar-refractivity contribution in [3.8, 4) is 11.5 Å². The molecular formula is C9H6Cl2O5S. The number of halogens is 2. The molecule has 1 aromatic rings. The first kappa shape index (κ1) is 12.5. The van der Waals surface area contributed by atoms with Crippen LogP contribution in [-0.4, -0.2) is 21.5 Å². The number of aldehydes is 1. The summed E-state index contributed by atoms with van der Waals surface area (Å²) in [5.74, 6) is -0.137. The molecule has 0 unspecified atom stereocenters. The summed E-state index contributed by atoms with van der Waals surface area (Å²) in [4.78, 5) is 10.8. The molecule has 5 nitrogen and oxygen atoms in total. The molecular weight excluding hydrogens is 291 g/mol. The van der Waals surface area contributed by atoms with Crippen molar-refractivity contribution in [2.45, 2.75) is 5.75 Å². The zero-order chi connectivity index (χ0) is 12.6. The summed E-state index contributed by atoms with van der Waals surface area (Å²) in [7, 11) is 1.39. The third kappa shape index (κ3) is 2.48. The zero-order valence-electron chi connectivity index (χ0n) is 8.27. The van der Waals surface area contributed by atoms with Gasteiger partial charge in [-0.05, 0) is 6.07 Å². The van der Waals surface area contributed by atoms with Crippen molar-refractivity contribution in [2.24, 2.45) is 0 Å². The van der Waals surface area contributed by atoms with Gasteiger partial charge in [-0.1, -0.05) is 11.6 Å². The van der Waals surface area contributed by atoms with E-state index in [1.807, 2.05) is 0 Å². The van der Waals surface area contributed by atoms with Crippen LogP contribution >= 0.6 is 22.3 Å². The van der Waals surface area contributed by atoms with Crippen molar-refractivity contribution in [3.63, 3.8) is 0 Å². The summed E-state index contributed by atoms with van der Waals surface area (Å²) in [6.07, 6.45) is 0.554. The normalized spacial score (nSPS) is 13.8. The van der Waals surface area contributed by atoms with Gasteiger partial charge in [0.2, 0.25) is 15.8 Å². The van der Waals surface area contributed by atoms with Crippen molar-refractivity contribution in [1.29, 1.82) is 0 Å². The average Bonchev–Trinajstić information content (AvgIpc) is 2.69. The predicted molar refractivity (Wildman–Crippen MR) is 61.4 cm³/mol. The highest BCUT2D eigenvalue weighted by Gasteiger charge is 2.26. The lowest BCUT2D eigenvalue weighted by atomic mass is 10.1. The number of hydrogen-bond donors (Lipinski definition) is 0. The van der Waals surface area contributed by atoms with Gasteiger partial charge >= 0.3 is 0 Å². The molecule has 1 aliphatic heterocycles. The van der Waals surface area contributed by atoms with E-state index < -0.39 is 14.8 Å². The highest BCUT2D eigenvalue weighted by Crippen LogP contribution is 2.43. The molecule has 0 radical (unpaired) electrons. The Morgan fingerprint density at radius 2 is 2.00 bits per heavy atom. The molecule has 0 saturated carbocycles. The Morgan fingerprint density at radius 3 is 2.59 bits per heavy atom. The minimum absolute atomic E-state index is 0.0914. The Balaban J connectivity index is 2.61. The summed E-state index contributed by atoms with van der Waals surface area (Å²) in [6, 6.07) is 1.32. The van der Waals surface area contributed by atoms with Crippen molar-refractivity contribution in [1.82, 2.24) is 0 Å². The molecule has 0 saturated heterocycles. The number of rotatable bonds is 3. The molecule has 0 atom stereocenters. The summed E-state index contributed by atoms with van der Waals surface area (Å²) < 4.78 is 32.3. The first-order valence-electron chi connectivity index (χ1n) is 4.41. The molecule has 0 bridgehead atoms. The molecule has 8 heteroatoms. The number of fused-ring (bicyclic) bond motifs is 1. The van der Waals surface area contributed by atoms with Gasteiger partial charge in [-0.25, -0.2) is 8.42 Å². The van der Waals surface area contributed by atoms with Crippen molar-refractivity contribution in [3.05, 3.63) is 22.2 Å². The lowest BCUT2D eigenvalue weighted by Gasteiger charge is -2.08. The van der Waals surface area contributed by atoms with Gasteiger partial charge in [-0.15, -0.1) is 0 Å². The molecule has 1 aromatic carbocycles. The standard InChI is InChI=1S/C9H6Cl2O5S/c10-7-1-5(2-12)8-9(16-4-15-8)6(7)3-17(11,13)14/h1-2H,3-4H2. The van der Waals surface area contributed by atoms with Crippen LogP contribution in [0.5, 0.6) is 11.5 Å². The molecule has 0 aromatic heterocycles. The SMILES string of the molecule is O=Cc1cc(Cl)c(CS(=O)(=O)Cl)c2c1OCO2. The number of carbonyl (C=O) groups excluding carboxylic acids is 1. The molecule has 1 aliphatic rings. The highest BCUT2D eigenvalue weighted by atomic mass is 35.7. The van der Waals surface area contributed by atoms with E-state index in [1.165, 1.54) is 6.07 Å². The number of ether oxygens (including phenoxy) is 2. The minimum Gasteiger partial charge on any atom is -0.453 e. The van der Waals surface area contributed by atoms with Gasteiger partial charge in [0, 0.05) is 21.3 Å². The van der Waals surface area contributed by atoms with Crippen LogP contribution in [0.25, 0.3) is 0 Å². The van der Waals surface area contributed by atoms with Gasteiger partial charge in [0.25, 0.3) is 0 Å². The van der Waals surface area contributed by atoms with Crippen LogP contribution in [0.15, 0.2) is 6.07 Å². The summed E-state index contributed by atoms with van der Waals surface area (Å²) in [6.45, 7) is -0.0914. The van der Waals surface area contributed by atoms with Gasteiger partial charge in [0.05, 0.1) is 11.3 Å². The number of hydrogen-bond acceptors (Lipinski definition) is 5. The average molecular weight is 297 g/mol. The fourth-order valence-electron chi connectivity index (χ4n) is 1.51. The summed E-state index contributed by atoms with van der Waals surface area (Å²) in [5.41, 5.74) is 0.401. The smallest absolute Gasteiger partial charge is 0.236 e. The van der Waals surface area contributed by atoms with Gasteiger partial charge in [-0.3, -0.25) is 4.79 Å². The third-order valence-corrected chi connectivity index (χ3v) is 3.46. The van der Waals surface area contributed by atoms with Crippen LogP contribution in [0.4, 0.5) is 0 Å². The maximum atomic E-state index is 11.0. The lowest BCUT2D eigenvalue weighted by molar-refractivity contribution is 0.111. The quantitative estimate of drug-likeness (QED) is 0.630. The minimum atomic E-state index is -3.78. The third-order valence-electron chi connectivity index (χ3n) is 2.16. The van der Waals surface area contributed by atoms with E-state index in [2.05, 4.69) is 0 Å². The second-order valence-corrected chi connectivity index (χ2v) is 6.48. The van der Waals surface area contributed by atoms with Crippen LogP contribution in [0.2, 0.25) is 5.02 Å². The Labute approximate surface area is 107 Å². The molecule has 0 aliphatic carbocycles. The van der Waals surface area contributed by atoms with E-state index in [4.69, 9.17) is 31.8 Å². The first-order chi connectivity index (χ1) is 7.92. The molecule has 2 rings (SSSR count). The molecule has 17 heavy (non-hydrogen) atoms. The second-order valence-electron chi connectivity index (χ2n) is 3.29. The zero-order valence-corrected chi connectivity index (χ0v) is 10.6. The van der Waals surface area contributed by atoms with Crippen molar-refractivity contribution >= 4 is 37.6 Å². The Hall–Kier alpha value is -0.980.